The summed E-state index contributed by atoms with van der Waals surface area (Å²) in [5, 5.41) is 19.9. The lowest BCUT2D eigenvalue weighted by molar-refractivity contribution is -0.605. The molecule has 0 aromatic carbocycles. The van der Waals surface area contributed by atoms with Crippen LogP contribution in [0.4, 0.5) is 0 Å². The molecule has 0 aliphatic carbocycles. The smallest absolute Gasteiger partial charge is 0.294 e. The first-order valence-corrected chi connectivity index (χ1v) is 5.26. The first-order chi connectivity index (χ1) is 7.29. The topological polar surface area (TPSA) is 62.0 Å². The molecule has 0 saturated heterocycles. The molecule has 0 unspecified atom stereocenters. The van der Waals surface area contributed by atoms with Crippen molar-refractivity contribution in [2.45, 2.75) is 6.92 Å². The Labute approximate surface area is 90.6 Å². The van der Waals surface area contributed by atoms with Crippen LogP contribution in [0, 0.1) is 5.21 Å². The van der Waals surface area contributed by atoms with Crippen LogP contribution < -0.4 is 9.47 Å². The van der Waals surface area contributed by atoms with E-state index in [1.807, 2.05) is 6.92 Å². The Kier molecular flexibility index (Phi) is 2.77. The summed E-state index contributed by atoms with van der Waals surface area (Å²) in [6.45, 7) is 2.47. The summed E-state index contributed by atoms with van der Waals surface area (Å²) in [4.78, 5) is 0. The van der Waals surface area contributed by atoms with Gasteiger partial charge in [0.1, 0.15) is 0 Å². The van der Waals surface area contributed by atoms with Crippen LogP contribution in [-0.4, -0.2) is 16.8 Å². The summed E-state index contributed by atoms with van der Waals surface area (Å²) >= 11 is 1.36. The lowest BCUT2D eigenvalue weighted by atomic mass is 10.3. The largest absolute Gasteiger partial charge is 0.619 e. The molecule has 2 rings (SSSR count). The molecule has 0 saturated carbocycles. The van der Waals surface area contributed by atoms with E-state index in [0.29, 0.717) is 11.8 Å². The van der Waals surface area contributed by atoms with Crippen molar-refractivity contribution >= 4 is 11.3 Å². The monoisotopic (exact) mass is 223 g/mol. The molecular weight excluding hydrogens is 214 g/mol. The number of rotatable bonds is 3. The second-order valence-corrected chi connectivity index (χ2v) is 3.69. The molecule has 0 fully saturated rings. The summed E-state index contributed by atoms with van der Waals surface area (Å²) in [5.41, 5.74) is 0.866. The van der Waals surface area contributed by atoms with E-state index in [0.717, 1.165) is 15.3 Å². The second kappa shape index (κ2) is 4.22. The summed E-state index contributed by atoms with van der Waals surface area (Å²) in [5.74, 6) is 0. The molecule has 0 aliphatic rings. The predicted octanol–water partition coefficient (Wildman–Crippen LogP) is 1.24. The minimum Gasteiger partial charge on any atom is -0.619 e. The molecule has 2 aromatic rings. The normalized spacial score (nSPS) is 10.2. The van der Waals surface area contributed by atoms with Crippen molar-refractivity contribution in [3.8, 4) is 15.8 Å². The molecule has 0 N–H and O–H groups in total. The SMILES string of the molecule is CCOc1nnc(-c2cc[n+]([O-])cc2)s1. The van der Waals surface area contributed by atoms with Gasteiger partial charge in [0.05, 0.1) is 6.61 Å². The molecule has 2 heterocycles. The van der Waals surface area contributed by atoms with E-state index in [1.54, 1.807) is 12.1 Å². The Morgan fingerprint density at radius 1 is 1.40 bits per heavy atom. The van der Waals surface area contributed by atoms with Crippen LogP contribution >= 0.6 is 11.3 Å². The standard InChI is InChI=1S/C9H9N3O2S/c1-2-14-9-11-10-8(15-9)7-3-5-12(13)6-4-7/h3-6H,2H2,1H3. The Morgan fingerprint density at radius 3 is 2.80 bits per heavy atom. The van der Waals surface area contributed by atoms with E-state index in [1.165, 1.54) is 23.7 Å². The molecule has 0 bridgehead atoms. The molecule has 0 aliphatic heterocycles. The van der Waals surface area contributed by atoms with Gasteiger partial charge in [0, 0.05) is 17.7 Å². The van der Waals surface area contributed by atoms with Crippen molar-refractivity contribution < 1.29 is 9.47 Å². The van der Waals surface area contributed by atoms with Crippen LogP contribution in [0.15, 0.2) is 24.5 Å². The van der Waals surface area contributed by atoms with Crippen LogP contribution in [0.3, 0.4) is 0 Å². The average molecular weight is 223 g/mol. The van der Waals surface area contributed by atoms with Crippen molar-refractivity contribution in [1.29, 1.82) is 0 Å². The highest BCUT2D eigenvalue weighted by Crippen LogP contribution is 2.26. The highest BCUT2D eigenvalue weighted by atomic mass is 32.1. The molecule has 78 valence electrons. The van der Waals surface area contributed by atoms with Gasteiger partial charge in [0.25, 0.3) is 5.19 Å². The number of ether oxygens (including phenoxy) is 1. The Hall–Kier alpha value is -1.69. The van der Waals surface area contributed by atoms with Gasteiger partial charge >= 0.3 is 0 Å². The fourth-order valence-electron chi connectivity index (χ4n) is 1.06. The lowest BCUT2D eigenvalue weighted by Crippen LogP contribution is -2.23. The van der Waals surface area contributed by atoms with Crippen LogP contribution in [0.2, 0.25) is 0 Å². The zero-order chi connectivity index (χ0) is 10.7. The van der Waals surface area contributed by atoms with Gasteiger partial charge in [-0.2, -0.15) is 4.73 Å². The van der Waals surface area contributed by atoms with Crippen molar-refractivity contribution in [3.63, 3.8) is 0 Å². The molecule has 0 spiro atoms. The Morgan fingerprint density at radius 2 is 2.13 bits per heavy atom. The van der Waals surface area contributed by atoms with E-state index in [2.05, 4.69) is 10.2 Å². The van der Waals surface area contributed by atoms with Gasteiger partial charge in [0.2, 0.25) is 0 Å². The van der Waals surface area contributed by atoms with Crippen molar-refractivity contribution in [3.05, 3.63) is 29.7 Å². The molecule has 0 amide bonds. The Bertz CT molecular complexity index is 441. The zero-order valence-electron chi connectivity index (χ0n) is 8.08. The van der Waals surface area contributed by atoms with E-state index in [9.17, 15) is 5.21 Å². The maximum Gasteiger partial charge on any atom is 0.294 e. The van der Waals surface area contributed by atoms with Crippen molar-refractivity contribution in [2.24, 2.45) is 0 Å². The van der Waals surface area contributed by atoms with Gasteiger partial charge in [-0.15, -0.1) is 5.10 Å². The van der Waals surface area contributed by atoms with Crippen LogP contribution in [0.5, 0.6) is 5.19 Å². The highest BCUT2D eigenvalue weighted by Gasteiger charge is 2.07. The van der Waals surface area contributed by atoms with E-state index in [-0.39, 0.29) is 0 Å². The number of aromatic nitrogens is 3. The summed E-state index contributed by atoms with van der Waals surface area (Å²) in [7, 11) is 0. The van der Waals surface area contributed by atoms with Gasteiger partial charge < -0.3 is 9.94 Å². The molecule has 0 atom stereocenters. The minimum absolute atomic E-state index is 0.548. The third-order valence-corrected chi connectivity index (χ3v) is 2.61. The van der Waals surface area contributed by atoms with E-state index >= 15 is 0 Å². The second-order valence-electron chi connectivity index (χ2n) is 2.75. The summed E-state index contributed by atoms with van der Waals surface area (Å²) in [6.07, 6.45) is 2.86. The highest BCUT2D eigenvalue weighted by molar-refractivity contribution is 7.16. The van der Waals surface area contributed by atoms with E-state index < -0.39 is 0 Å². The molecule has 2 aromatic heterocycles. The third kappa shape index (κ3) is 2.21. The predicted molar refractivity (Wildman–Crippen MR) is 55.5 cm³/mol. The fraction of sp³-hybridized carbons (Fsp3) is 0.222. The molecule has 5 nitrogen and oxygen atoms in total. The number of nitrogens with zero attached hydrogens (tertiary/aromatic N) is 3. The fourth-order valence-corrected chi connectivity index (χ4v) is 1.82. The maximum absolute atomic E-state index is 10.8. The Balaban J connectivity index is 2.25. The van der Waals surface area contributed by atoms with Crippen molar-refractivity contribution in [2.75, 3.05) is 6.61 Å². The van der Waals surface area contributed by atoms with E-state index in [4.69, 9.17) is 4.74 Å². The summed E-state index contributed by atoms with van der Waals surface area (Å²) in [6, 6.07) is 3.40. The lowest BCUT2D eigenvalue weighted by Gasteiger charge is -1.95. The minimum atomic E-state index is 0.548. The molecular formula is C9H9N3O2S. The van der Waals surface area contributed by atoms with Crippen LogP contribution in [0.25, 0.3) is 10.6 Å². The first-order valence-electron chi connectivity index (χ1n) is 4.45. The van der Waals surface area contributed by atoms with Gasteiger partial charge in [-0.25, -0.2) is 0 Å². The van der Waals surface area contributed by atoms with Crippen LogP contribution in [-0.2, 0) is 0 Å². The quantitative estimate of drug-likeness (QED) is 0.580. The number of hydrogen-bond donors (Lipinski definition) is 0. The van der Waals surface area contributed by atoms with Gasteiger partial charge in [0.15, 0.2) is 17.4 Å². The van der Waals surface area contributed by atoms with Crippen LogP contribution in [0.1, 0.15) is 6.92 Å². The van der Waals surface area contributed by atoms with Gasteiger partial charge in [-0.1, -0.05) is 16.4 Å². The number of hydrogen-bond acceptors (Lipinski definition) is 5. The van der Waals surface area contributed by atoms with Gasteiger partial charge in [-0.05, 0) is 6.92 Å². The number of pyridine rings is 1. The molecule has 15 heavy (non-hydrogen) atoms. The molecule has 0 radical (unpaired) electrons. The molecule has 6 heteroatoms. The third-order valence-electron chi connectivity index (χ3n) is 1.72. The van der Waals surface area contributed by atoms with Crippen molar-refractivity contribution in [1.82, 2.24) is 10.2 Å². The maximum atomic E-state index is 10.8. The average Bonchev–Trinajstić information content (AvgIpc) is 2.68. The van der Waals surface area contributed by atoms with Gasteiger partial charge in [-0.3, -0.25) is 0 Å². The summed E-state index contributed by atoms with van der Waals surface area (Å²) < 4.78 is 5.94. The zero-order valence-corrected chi connectivity index (χ0v) is 8.90. The first kappa shape index (κ1) is 9.85.